The quantitative estimate of drug-likeness (QED) is 0.546. The van der Waals surface area contributed by atoms with E-state index in [1.54, 1.807) is 13.8 Å². The first kappa shape index (κ1) is 10.4. The molecule has 2 aliphatic rings. The normalized spacial score (nSPS) is 45.2. The van der Waals surface area contributed by atoms with Gasteiger partial charge in [-0.2, -0.15) is 10.5 Å². The van der Waals surface area contributed by atoms with Gasteiger partial charge in [0.15, 0.2) is 0 Å². The second-order valence-electron chi connectivity index (χ2n) is 4.51. The second kappa shape index (κ2) is 2.73. The maximum atomic E-state index is 11.6. The van der Waals surface area contributed by atoms with Crippen molar-refractivity contribution in [3.05, 3.63) is 0 Å². The number of nitrogens with one attached hydrogen (secondary N) is 2. The highest BCUT2D eigenvalue weighted by Gasteiger charge is 2.69. The summed E-state index contributed by atoms with van der Waals surface area (Å²) in [5.41, 5.74) is -2.04. The van der Waals surface area contributed by atoms with Gasteiger partial charge in [-0.15, -0.1) is 0 Å². The summed E-state index contributed by atoms with van der Waals surface area (Å²) in [5, 5.41) is 23.1. The predicted molar refractivity (Wildman–Crippen MR) is 51.3 cm³/mol. The summed E-state index contributed by atoms with van der Waals surface area (Å²) in [4.78, 5) is 23.2. The van der Waals surface area contributed by atoms with Gasteiger partial charge in [0, 0.05) is 0 Å². The lowest BCUT2D eigenvalue weighted by Gasteiger charge is -2.34. The van der Waals surface area contributed by atoms with Crippen LogP contribution in [-0.2, 0) is 9.59 Å². The number of carbonyl (C=O) groups excluding carboxylic acids is 2. The monoisotopic (exact) mass is 218 g/mol. The van der Waals surface area contributed by atoms with Crippen LogP contribution in [-0.4, -0.2) is 22.9 Å². The maximum Gasteiger partial charge on any atom is 0.240 e. The average molecular weight is 218 g/mol. The smallest absolute Gasteiger partial charge is 0.240 e. The summed E-state index contributed by atoms with van der Waals surface area (Å²) in [6.07, 6.45) is 0. The van der Waals surface area contributed by atoms with Gasteiger partial charge in [-0.25, -0.2) is 0 Å². The third-order valence-corrected chi connectivity index (χ3v) is 3.78. The number of hydrogen-bond acceptors (Lipinski definition) is 4. The molecule has 6 nitrogen and oxygen atoms in total. The van der Waals surface area contributed by atoms with Crippen molar-refractivity contribution in [3.63, 3.8) is 0 Å². The van der Waals surface area contributed by atoms with Gasteiger partial charge < -0.3 is 10.6 Å². The minimum atomic E-state index is -1.02. The van der Waals surface area contributed by atoms with E-state index in [9.17, 15) is 9.59 Å². The summed E-state index contributed by atoms with van der Waals surface area (Å²) in [6, 6.07) is 3.76. The van der Waals surface area contributed by atoms with E-state index in [0.717, 1.165) is 0 Å². The van der Waals surface area contributed by atoms with E-state index in [-0.39, 0.29) is 0 Å². The summed E-state index contributed by atoms with van der Waals surface area (Å²) >= 11 is 0. The van der Waals surface area contributed by atoms with Crippen molar-refractivity contribution in [1.29, 1.82) is 10.5 Å². The number of rotatable bonds is 0. The number of hydrogen-bond donors (Lipinski definition) is 2. The van der Waals surface area contributed by atoms with Crippen molar-refractivity contribution in [2.45, 2.75) is 24.9 Å². The molecular weight excluding hydrogens is 208 g/mol. The van der Waals surface area contributed by atoms with E-state index in [0.29, 0.717) is 0 Å². The molecule has 0 aliphatic carbocycles. The molecule has 0 bridgehead atoms. The molecular formula is C10H10N4O2. The summed E-state index contributed by atoms with van der Waals surface area (Å²) in [6.45, 7) is 3.24. The molecule has 6 heteroatoms. The lowest BCUT2D eigenvalue weighted by Crippen LogP contribution is -2.57. The van der Waals surface area contributed by atoms with Crippen LogP contribution in [0.1, 0.15) is 13.8 Å². The molecule has 0 aromatic rings. The summed E-state index contributed by atoms with van der Waals surface area (Å²) < 4.78 is 0. The van der Waals surface area contributed by atoms with Crippen molar-refractivity contribution >= 4 is 11.8 Å². The highest BCUT2D eigenvalue weighted by Crippen LogP contribution is 2.45. The fraction of sp³-hybridized carbons (Fsp3) is 0.600. The van der Waals surface area contributed by atoms with Gasteiger partial charge in [-0.3, -0.25) is 9.59 Å². The molecule has 0 radical (unpaired) electrons. The average Bonchev–Trinajstić information content (AvgIpc) is 2.46. The molecule has 2 amide bonds. The van der Waals surface area contributed by atoms with E-state index in [1.165, 1.54) is 0 Å². The largest absolute Gasteiger partial charge is 0.345 e. The van der Waals surface area contributed by atoms with Crippen LogP contribution < -0.4 is 10.6 Å². The van der Waals surface area contributed by atoms with E-state index < -0.39 is 34.7 Å². The van der Waals surface area contributed by atoms with E-state index in [2.05, 4.69) is 10.6 Å². The van der Waals surface area contributed by atoms with Crippen LogP contribution in [0.2, 0.25) is 0 Å². The van der Waals surface area contributed by atoms with Crippen LogP contribution in [0.4, 0.5) is 0 Å². The lowest BCUT2D eigenvalue weighted by atomic mass is 9.73. The fourth-order valence-corrected chi connectivity index (χ4v) is 2.56. The summed E-state index contributed by atoms with van der Waals surface area (Å²) in [5.74, 6) is -2.79. The molecule has 2 aliphatic heterocycles. The molecule has 0 aromatic carbocycles. The number of nitrogens with zero attached hydrogens (tertiary/aromatic N) is 2. The third kappa shape index (κ3) is 0.849. The van der Waals surface area contributed by atoms with Gasteiger partial charge in [0.05, 0.1) is 23.2 Å². The molecule has 16 heavy (non-hydrogen) atoms. The van der Waals surface area contributed by atoms with Gasteiger partial charge in [-0.05, 0) is 13.8 Å². The number of amides is 2. The number of carbonyl (C=O) groups is 2. The Kier molecular flexibility index (Phi) is 1.78. The number of nitriles is 2. The fourth-order valence-electron chi connectivity index (χ4n) is 2.56. The van der Waals surface area contributed by atoms with E-state index >= 15 is 0 Å². The van der Waals surface area contributed by atoms with Gasteiger partial charge in [0.2, 0.25) is 11.8 Å². The first-order valence-corrected chi connectivity index (χ1v) is 4.84. The minimum absolute atomic E-state index is 0.437. The standard InChI is InChI=1S/C10H10N4O2/c1-9-5(3-11)7(15)14-10(9,2)6(4-12)8(16)13-9/h5-6H,1-2H3,(H,13,16)(H,14,15)/t5-,6-,9-,10+/m0/s1. The molecule has 0 saturated carbocycles. The zero-order valence-electron chi connectivity index (χ0n) is 8.87. The minimum Gasteiger partial charge on any atom is -0.345 e. The van der Waals surface area contributed by atoms with Crippen LogP contribution in [0.5, 0.6) is 0 Å². The first-order chi connectivity index (χ1) is 7.40. The zero-order chi connectivity index (χ0) is 12.1. The third-order valence-electron chi connectivity index (χ3n) is 3.78. The molecule has 0 unspecified atom stereocenters. The van der Waals surface area contributed by atoms with Crippen LogP contribution in [0.3, 0.4) is 0 Å². The lowest BCUT2D eigenvalue weighted by molar-refractivity contribution is -0.125. The van der Waals surface area contributed by atoms with Crippen molar-refractivity contribution in [1.82, 2.24) is 10.6 Å². The maximum absolute atomic E-state index is 11.6. The first-order valence-electron chi connectivity index (χ1n) is 4.84. The molecule has 82 valence electrons. The topological polar surface area (TPSA) is 106 Å². The molecule has 0 aromatic heterocycles. The van der Waals surface area contributed by atoms with Gasteiger partial charge >= 0.3 is 0 Å². The van der Waals surface area contributed by atoms with Crippen molar-refractivity contribution in [3.8, 4) is 12.1 Å². The van der Waals surface area contributed by atoms with Crippen molar-refractivity contribution in [2.75, 3.05) is 0 Å². The van der Waals surface area contributed by atoms with Gasteiger partial charge in [-0.1, -0.05) is 0 Å². The Morgan fingerprint density at radius 3 is 1.56 bits per heavy atom. The van der Waals surface area contributed by atoms with Crippen molar-refractivity contribution in [2.24, 2.45) is 11.8 Å². The highest BCUT2D eigenvalue weighted by atomic mass is 16.2. The Hall–Kier alpha value is -2.08. The van der Waals surface area contributed by atoms with Crippen LogP contribution >= 0.6 is 0 Å². The molecule has 2 N–H and O–H groups in total. The van der Waals surface area contributed by atoms with Crippen LogP contribution in [0.25, 0.3) is 0 Å². The van der Waals surface area contributed by atoms with Gasteiger partial charge in [0.25, 0.3) is 0 Å². The van der Waals surface area contributed by atoms with Crippen molar-refractivity contribution < 1.29 is 9.59 Å². The molecule has 2 saturated heterocycles. The Morgan fingerprint density at radius 2 is 1.31 bits per heavy atom. The molecule has 2 heterocycles. The number of fused-ring (bicyclic) bond motifs is 1. The Labute approximate surface area is 92.2 Å². The van der Waals surface area contributed by atoms with E-state index in [4.69, 9.17) is 10.5 Å². The van der Waals surface area contributed by atoms with Crippen LogP contribution in [0.15, 0.2) is 0 Å². The van der Waals surface area contributed by atoms with Crippen LogP contribution in [0, 0.1) is 34.5 Å². The molecule has 2 rings (SSSR count). The van der Waals surface area contributed by atoms with E-state index in [1.807, 2.05) is 12.1 Å². The van der Waals surface area contributed by atoms with Gasteiger partial charge in [0.1, 0.15) is 11.8 Å². The summed E-state index contributed by atoms with van der Waals surface area (Å²) in [7, 11) is 0. The Balaban J connectivity index is 2.58. The molecule has 0 spiro atoms. The zero-order valence-corrected chi connectivity index (χ0v) is 8.87. The Morgan fingerprint density at radius 1 is 1.00 bits per heavy atom. The highest BCUT2D eigenvalue weighted by molar-refractivity contribution is 5.96. The molecule has 2 fully saturated rings. The predicted octanol–water partition coefficient (Wildman–Crippen LogP) is -0.957. The molecule has 4 atom stereocenters. The SMILES string of the molecule is C[C@@]12NC(=O)[C@H](C#N)[C@@]1(C)NC(=O)[C@@H]2C#N. The second-order valence-corrected chi connectivity index (χ2v) is 4.51. The Bertz CT molecular complexity index is 430.